The lowest BCUT2D eigenvalue weighted by atomic mass is 9.99. The van der Waals surface area contributed by atoms with Crippen molar-refractivity contribution in [3.63, 3.8) is 0 Å². The third-order valence-electron chi connectivity index (χ3n) is 3.36. The Morgan fingerprint density at radius 3 is 3.18 bits per heavy atom. The molecule has 1 atom stereocenters. The van der Waals surface area contributed by atoms with Gasteiger partial charge in [0, 0.05) is 31.4 Å². The number of benzene rings is 1. The summed E-state index contributed by atoms with van der Waals surface area (Å²) in [5, 5.41) is 15.8. The van der Waals surface area contributed by atoms with Crippen LogP contribution < -0.4 is 10.6 Å². The Balaban J connectivity index is 2.01. The molecule has 0 radical (unpaired) electrons. The maximum Gasteiger partial charge on any atom is 0.0445 e. The van der Waals surface area contributed by atoms with Crippen molar-refractivity contribution in [3.8, 4) is 0 Å². The van der Waals surface area contributed by atoms with Gasteiger partial charge in [-0.25, -0.2) is 0 Å². The van der Waals surface area contributed by atoms with Crippen LogP contribution in [0.5, 0.6) is 0 Å². The van der Waals surface area contributed by atoms with Crippen LogP contribution in [-0.2, 0) is 13.0 Å². The molecule has 94 valence electrons. The zero-order chi connectivity index (χ0) is 12.1. The molecule has 0 spiro atoms. The Morgan fingerprint density at radius 2 is 2.35 bits per heavy atom. The zero-order valence-corrected chi connectivity index (χ0v) is 10.5. The second-order valence-electron chi connectivity index (χ2n) is 4.78. The predicted octanol–water partition coefficient (Wildman–Crippen LogP) is 1.91. The lowest BCUT2D eigenvalue weighted by Crippen LogP contribution is -2.27. The number of hydrogen-bond donors (Lipinski definition) is 3. The number of para-hydroxylation sites is 1. The summed E-state index contributed by atoms with van der Waals surface area (Å²) in [6.45, 7) is 4.31. The third kappa shape index (κ3) is 3.20. The van der Waals surface area contributed by atoms with E-state index in [0.29, 0.717) is 6.04 Å². The van der Waals surface area contributed by atoms with Gasteiger partial charge in [-0.3, -0.25) is 0 Å². The average Bonchev–Trinajstić information content (AvgIpc) is 2.36. The lowest BCUT2D eigenvalue weighted by Gasteiger charge is -2.22. The molecule has 17 heavy (non-hydrogen) atoms. The Bertz CT molecular complexity index is 365. The Morgan fingerprint density at radius 1 is 1.47 bits per heavy atom. The molecule has 0 amide bonds. The van der Waals surface area contributed by atoms with Gasteiger partial charge in [0.05, 0.1) is 0 Å². The van der Waals surface area contributed by atoms with Crippen LogP contribution in [0.2, 0.25) is 0 Å². The molecule has 0 saturated carbocycles. The van der Waals surface area contributed by atoms with Gasteiger partial charge in [-0.2, -0.15) is 0 Å². The van der Waals surface area contributed by atoms with Crippen molar-refractivity contribution in [2.45, 2.75) is 38.8 Å². The van der Waals surface area contributed by atoms with Gasteiger partial charge in [-0.1, -0.05) is 18.2 Å². The van der Waals surface area contributed by atoms with E-state index in [0.717, 1.165) is 19.5 Å². The van der Waals surface area contributed by atoms with Gasteiger partial charge in [0.1, 0.15) is 0 Å². The smallest absolute Gasteiger partial charge is 0.0445 e. The average molecular weight is 234 g/mol. The van der Waals surface area contributed by atoms with Crippen LogP contribution >= 0.6 is 0 Å². The number of hydrogen-bond acceptors (Lipinski definition) is 3. The van der Waals surface area contributed by atoms with Crippen molar-refractivity contribution in [2.75, 3.05) is 18.5 Å². The molecule has 3 nitrogen and oxygen atoms in total. The van der Waals surface area contributed by atoms with Crippen molar-refractivity contribution in [1.82, 2.24) is 5.32 Å². The van der Waals surface area contributed by atoms with Crippen LogP contribution in [0.25, 0.3) is 0 Å². The zero-order valence-electron chi connectivity index (χ0n) is 10.5. The van der Waals surface area contributed by atoms with E-state index in [1.165, 1.54) is 29.7 Å². The van der Waals surface area contributed by atoms with Gasteiger partial charge < -0.3 is 15.7 Å². The van der Waals surface area contributed by atoms with E-state index in [4.69, 9.17) is 5.11 Å². The molecule has 1 aromatic rings. The first kappa shape index (κ1) is 12.4. The minimum atomic E-state index is 0.249. The van der Waals surface area contributed by atoms with Crippen LogP contribution in [0, 0.1) is 0 Å². The van der Waals surface area contributed by atoms with Gasteiger partial charge in [-0.05, 0) is 37.3 Å². The van der Waals surface area contributed by atoms with E-state index in [9.17, 15) is 0 Å². The molecular formula is C14H22N2O. The van der Waals surface area contributed by atoms with E-state index in [2.05, 4.69) is 35.8 Å². The number of rotatable bonds is 5. The second kappa shape index (κ2) is 6.03. The fourth-order valence-corrected chi connectivity index (χ4v) is 2.31. The molecule has 1 aromatic carbocycles. The fraction of sp³-hybridized carbons (Fsp3) is 0.571. The largest absolute Gasteiger partial charge is 0.396 e. The molecule has 0 saturated heterocycles. The highest BCUT2D eigenvalue weighted by atomic mass is 16.3. The molecule has 1 unspecified atom stereocenters. The van der Waals surface area contributed by atoms with Crippen LogP contribution in [0.1, 0.15) is 30.9 Å². The molecule has 1 aliphatic heterocycles. The molecule has 1 aliphatic rings. The van der Waals surface area contributed by atoms with Crippen molar-refractivity contribution < 1.29 is 5.11 Å². The highest BCUT2D eigenvalue weighted by molar-refractivity contribution is 5.59. The first-order valence-corrected chi connectivity index (χ1v) is 6.50. The summed E-state index contributed by atoms with van der Waals surface area (Å²) in [4.78, 5) is 0. The van der Waals surface area contributed by atoms with Gasteiger partial charge >= 0.3 is 0 Å². The van der Waals surface area contributed by atoms with Crippen LogP contribution in [-0.4, -0.2) is 24.3 Å². The molecule has 0 bridgehead atoms. The van der Waals surface area contributed by atoms with Gasteiger partial charge in [0.25, 0.3) is 0 Å². The molecule has 0 aliphatic carbocycles. The molecule has 0 fully saturated rings. The number of nitrogens with one attached hydrogen (secondary N) is 2. The Kier molecular flexibility index (Phi) is 4.40. The monoisotopic (exact) mass is 234 g/mol. The van der Waals surface area contributed by atoms with Crippen molar-refractivity contribution in [1.29, 1.82) is 0 Å². The Hall–Kier alpha value is -1.06. The summed E-state index contributed by atoms with van der Waals surface area (Å²) in [6.07, 6.45) is 3.22. The van der Waals surface area contributed by atoms with Crippen molar-refractivity contribution >= 4 is 5.69 Å². The molecule has 3 heteroatoms. The second-order valence-corrected chi connectivity index (χ2v) is 4.78. The minimum absolute atomic E-state index is 0.249. The summed E-state index contributed by atoms with van der Waals surface area (Å²) in [5.74, 6) is 0. The molecular weight excluding hydrogens is 212 g/mol. The summed E-state index contributed by atoms with van der Waals surface area (Å²) >= 11 is 0. The van der Waals surface area contributed by atoms with E-state index >= 15 is 0 Å². The summed E-state index contributed by atoms with van der Waals surface area (Å²) in [6, 6.07) is 6.89. The molecule has 0 aromatic heterocycles. The van der Waals surface area contributed by atoms with E-state index < -0.39 is 0 Å². The quantitative estimate of drug-likeness (QED) is 0.729. The predicted molar refractivity (Wildman–Crippen MR) is 71.3 cm³/mol. The van der Waals surface area contributed by atoms with E-state index in [-0.39, 0.29) is 6.61 Å². The third-order valence-corrected chi connectivity index (χ3v) is 3.36. The first-order chi connectivity index (χ1) is 8.31. The van der Waals surface area contributed by atoms with E-state index in [1.54, 1.807) is 0 Å². The first-order valence-electron chi connectivity index (χ1n) is 6.50. The van der Waals surface area contributed by atoms with E-state index in [1.807, 2.05) is 0 Å². The van der Waals surface area contributed by atoms with Crippen LogP contribution in [0.4, 0.5) is 5.69 Å². The summed E-state index contributed by atoms with van der Waals surface area (Å²) in [7, 11) is 0. The highest BCUT2D eigenvalue weighted by Crippen LogP contribution is 2.25. The molecule has 1 heterocycles. The van der Waals surface area contributed by atoms with Gasteiger partial charge in [0.15, 0.2) is 0 Å². The number of aliphatic hydroxyl groups excluding tert-OH is 1. The standard InChI is InChI=1S/C14H22N2O/c1-11(7-9-17)16-10-13-5-2-4-12-6-3-8-15-14(12)13/h2,4-5,11,15-17H,3,6-10H2,1H3. The lowest BCUT2D eigenvalue weighted by molar-refractivity contribution is 0.268. The van der Waals surface area contributed by atoms with Gasteiger partial charge in [-0.15, -0.1) is 0 Å². The fourth-order valence-electron chi connectivity index (χ4n) is 2.31. The van der Waals surface area contributed by atoms with Crippen LogP contribution in [0.15, 0.2) is 18.2 Å². The number of aryl methyl sites for hydroxylation is 1. The minimum Gasteiger partial charge on any atom is -0.396 e. The Labute approximate surface area is 103 Å². The highest BCUT2D eigenvalue weighted by Gasteiger charge is 2.12. The SMILES string of the molecule is CC(CCO)NCc1cccc2c1NCCC2. The maximum absolute atomic E-state index is 8.87. The number of fused-ring (bicyclic) bond motifs is 1. The van der Waals surface area contributed by atoms with Crippen molar-refractivity contribution in [3.05, 3.63) is 29.3 Å². The summed E-state index contributed by atoms with van der Waals surface area (Å²) < 4.78 is 0. The maximum atomic E-state index is 8.87. The van der Waals surface area contributed by atoms with Crippen LogP contribution in [0.3, 0.4) is 0 Å². The number of aliphatic hydroxyl groups is 1. The molecule has 2 rings (SSSR count). The molecule has 3 N–H and O–H groups in total. The topological polar surface area (TPSA) is 44.3 Å². The summed E-state index contributed by atoms with van der Waals surface area (Å²) in [5.41, 5.74) is 4.10. The van der Waals surface area contributed by atoms with Crippen molar-refractivity contribution in [2.24, 2.45) is 0 Å². The normalized spacial score (nSPS) is 16.1. The number of anilines is 1. The van der Waals surface area contributed by atoms with Gasteiger partial charge in [0.2, 0.25) is 0 Å².